The van der Waals surface area contributed by atoms with E-state index in [0.717, 1.165) is 10.8 Å². The molecule has 3 aromatic rings. The maximum atomic E-state index is 12.6. The third kappa shape index (κ3) is 4.20. The predicted molar refractivity (Wildman–Crippen MR) is 105 cm³/mol. The summed E-state index contributed by atoms with van der Waals surface area (Å²) in [6.07, 6.45) is -0.791. The van der Waals surface area contributed by atoms with Gasteiger partial charge in [-0.15, -0.1) is 0 Å². The molecule has 1 unspecified atom stereocenters. The van der Waals surface area contributed by atoms with Crippen molar-refractivity contribution in [1.82, 2.24) is 0 Å². The summed E-state index contributed by atoms with van der Waals surface area (Å²) < 4.78 is 10.6. The molecule has 0 aliphatic rings. The molecule has 0 aliphatic carbocycles. The van der Waals surface area contributed by atoms with Gasteiger partial charge < -0.3 is 14.8 Å². The van der Waals surface area contributed by atoms with E-state index in [1.54, 1.807) is 13.0 Å². The second-order valence-corrected chi connectivity index (χ2v) is 6.34. The Hall–Kier alpha value is -3.05. The van der Waals surface area contributed by atoms with Gasteiger partial charge in [0.2, 0.25) is 0 Å². The van der Waals surface area contributed by atoms with Crippen LogP contribution >= 0.6 is 11.6 Å². The minimum atomic E-state index is -0.791. The molecule has 0 saturated carbocycles. The second-order valence-electron chi connectivity index (χ2n) is 5.91. The maximum Gasteiger partial charge on any atom is 0.339 e. The van der Waals surface area contributed by atoms with Crippen molar-refractivity contribution in [3.05, 3.63) is 71.2 Å². The van der Waals surface area contributed by atoms with Gasteiger partial charge in [0.05, 0.1) is 18.4 Å². The number of amides is 1. The Morgan fingerprint density at radius 1 is 1.04 bits per heavy atom. The first kappa shape index (κ1) is 18.7. The molecule has 3 rings (SSSR count). The van der Waals surface area contributed by atoms with E-state index in [2.05, 4.69) is 5.32 Å². The highest BCUT2D eigenvalue weighted by molar-refractivity contribution is 6.31. The van der Waals surface area contributed by atoms with Crippen LogP contribution in [0, 0.1) is 0 Å². The second kappa shape index (κ2) is 8.10. The number of anilines is 1. The molecule has 6 heteroatoms. The molecule has 0 aromatic heterocycles. The molecular formula is C21H18ClNO4. The molecule has 0 heterocycles. The maximum absolute atomic E-state index is 12.6. The smallest absolute Gasteiger partial charge is 0.339 e. The lowest BCUT2D eigenvalue weighted by Crippen LogP contribution is -2.30. The first-order valence-corrected chi connectivity index (χ1v) is 8.70. The number of hydrogen-bond acceptors (Lipinski definition) is 4. The minimum Gasteiger partial charge on any atom is -0.480 e. The lowest BCUT2D eigenvalue weighted by Gasteiger charge is -2.17. The fraction of sp³-hybridized carbons (Fsp3) is 0.143. The van der Waals surface area contributed by atoms with Gasteiger partial charge in [0.25, 0.3) is 5.91 Å². The third-order valence-electron chi connectivity index (χ3n) is 4.07. The number of hydrogen-bond donors (Lipinski definition) is 1. The molecule has 1 N–H and O–H groups in total. The van der Waals surface area contributed by atoms with Crippen molar-refractivity contribution in [2.24, 2.45) is 0 Å². The first-order valence-electron chi connectivity index (χ1n) is 8.32. The summed E-state index contributed by atoms with van der Waals surface area (Å²) in [5.41, 5.74) is 0.486. The van der Waals surface area contributed by atoms with Crippen LogP contribution in [0.3, 0.4) is 0 Å². The average molecular weight is 384 g/mol. The normalized spacial score (nSPS) is 11.7. The molecule has 1 amide bonds. The van der Waals surface area contributed by atoms with Crippen molar-refractivity contribution in [3.63, 3.8) is 0 Å². The summed E-state index contributed by atoms with van der Waals surface area (Å²) >= 11 is 5.99. The lowest BCUT2D eigenvalue weighted by molar-refractivity contribution is -0.122. The topological polar surface area (TPSA) is 64.6 Å². The lowest BCUT2D eigenvalue weighted by atomic mass is 10.1. The molecule has 1 atom stereocenters. The standard InChI is InChI=1S/C21H18ClNO4/c1-13(27-19-9-5-7-14-6-3-4-8-16(14)19)20(24)23-18-12-15(22)10-11-17(18)21(25)26-2/h3-13H,1-2H3,(H,23,24). The van der Waals surface area contributed by atoms with Gasteiger partial charge in [-0.3, -0.25) is 4.79 Å². The van der Waals surface area contributed by atoms with Crippen molar-refractivity contribution < 1.29 is 19.1 Å². The first-order chi connectivity index (χ1) is 13.0. The highest BCUT2D eigenvalue weighted by atomic mass is 35.5. The summed E-state index contributed by atoms with van der Waals surface area (Å²) in [4.78, 5) is 24.5. The number of esters is 1. The summed E-state index contributed by atoms with van der Waals surface area (Å²) in [6, 6.07) is 18.0. The van der Waals surface area contributed by atoms with E-state index in [-0.39, 0.29) is 11.3 Å². The summed E-state index contributed by atoms with van der Waals surface area (Å²) in [6.45, 7) is 1.64. The van der Waals surface area contributed by atoms with Crippen molar-refractivity contribution >= 4 is 39.9 Å². The Balaban J connectivity index is 1.80. The van der Waals surface area contributed by atoms with Gasteiger partial charge in [-0.2, -0.15) is 0 Å². The molecule has 3 aromatic carbocycles. The molecule has 0 radical (unpaired) electrons. The van der Waals surface area contributed by atoms with Gasteiger partial charge >= 0.3 is 5.97 Å². The van der Waals surface area contributed by atoms with E-state index in [1.165, 1.54) is 19.2 Å². The van der Waals surface area contributed by atoms with Crippen LogP contribution in [0.5, 0.6) is 5.75 Å². The average Bonchev–Trinajstić information content (AvgIpc) is 2.67. The van der Waals surface area contributed by atoms with Crippen LogP contribution < -0.4 is 10.1 Å². The molecule has 0 aliphatic heterocycles. The van der Waals surface area contributed by atoms with Gasteiger partial charge in [0.1, 0.15) is 5.75 Å². The number of carbonyl (C=O) groups is 2. The Kier molecular flexibility index (Phi) is 5.62. The molecule has 138 valence electrons. The van der Waals surface area contributed by atoms with Crippen molar-refractivity contribution in [2.45, 2.75) is 13.0 Å². The van der Waals surface area contributed by atoms with Crippen molar-refractivity contribution in [3.8, 4) is 5.75 Å². The van der Waals surface area contributed by atoms with Gasteiger partial charge in [-0.05, 0) is 36.6 Å². The number of nitrogens with one attached hydrogen (secondary N) is 1. The molecule has 0 spiro atoms. The largest absolute Gasteiger partial charge is 0.480 e. The zero-order valence-electron chi connectivity index (χ0n) is 14.9. The highest BCUT2D eigenvalue weighted by Gasteiger charge is 2.20. The van der Waals surface area contributed by atoms with E-state index >= 15 is 0 Å². The van der Waals surface area contributed by atoms with E-state index in [9.17, 15) is 9.59 Å². The minimum absolute atomic E-state index is 0.215. The van der Waals surface area contributed by atoms with Crippen molar-refractivity contribution in [1.29, 1.82) is 0 Å². The Morgan fingerprint density at radius 3 is 2.56 bits per heavy atom. The highest BCUT2D eigenvalue weighted by Crippen LogP contribution is 2.27. The van der Waals surface area contributed by atoms with Crippen LogP contribution in [0.15, 0.2) is 60.7 Å². The van der Waals surface area contributed by atoms with Crippen LogP contribution in [0.1, 0.15) is 17.3 Å². The number of fused-ring (bicyclic) bond motifs is 1. The predicted octanol–water partition coefficient (Wildman–Crippen LogP) is 4.69. The monoisotopic (exact) mass is 383 g/mol. The number of halogens is 1. The van der Waals surface area contributed by atoms with Crippen LogP contribution in [0.4, 0.5) is 5.69 Å². The number of benzene rings is 3. The molecule has 0 bridgehead atoms. The fourth-order valence-corrected chi connectivity index (χ4v) is 2.86. The molecule has 27 heavy (non-hydrogen) atoms. The van der Waals surface area contributed by atoms with Crippen LogP contribution in [-0.2, 0) is 9.53 Å². The van der Waals surface area contributed by atoms with Crippen molar-refractivity contribution in [2.75, 3.05) is 12.4 Å². The SMILES string of the molecule is COC(=O)c1ccc(Cl)cc1NC(=O)C(C)Oc1cccc2ccccc12. The fourth-order valence-electron chi connectivity index (χ4n) is 2.68. The zero-order valence-corrected chi connectivity index (χ0v) is 15.6. The van der Waals surface area contributed by atoms with Crippen LogP contribution in [0.2, 0.25) is 5.02 Å². The quantitative estimate of drug-likeness (QED) is 0.649. The van der Waals surface area contributed by atoms with Crippen LogP contribution in [-0.4, -0.2) is 25.1 Å². The van der Waals surface area contributed by atoms with Crippen LogP contribution in [0.25, 0.3) is 10.8 Å². The molecule has 0 fully saturated rings. The zero-order chi connectivity index (χ0) is 19.4. The number of ether oxygens (including phenoxy) is 2. The van der Waals surface area contributed by atoms with E-state index in [4.69, 9.17) is 21.1 Å². The van der Waals surface area contributed by atoms with Gasteiger partial charge in [-0.25, -0.2) is 4.79 Å². The summed E-state index contributed by atoms with van der Waals surface area (Å²) in [5, 5.41) is 5.01. The Bertz CT molecular complexity index is 997. The number of carbonyl (C=O) groups excluding carboxylic acids is 2. The van der Waals surface area contributed by atoms with Gasteiger partial charge in [0, 0.05) is 10.4 Å². The summed E-state index contributed by atoms with van der Waals surface area (Å²) in [7, 11) is 1.27. The van der Waals surface area contributed by atoms with Gasteiger partial charge in [0.15, 0.2) is 6.10 Å². The Labute approximate surface area is 161 Å². The summed E-state index contributed by atoms with van der Waals surface area (Å²) in [5.74, 6) is -0.366. The van der Waals surface area contributed by atoms with Gasteiger partial charge in [-0.1, -0.05) is 48.0 Å². The van der Waals surface area contributed by atoms with E-state index in [0.29, 0.717) is 10.8 Å². The van der Waals surface area contributed by atoms with E-state index < -0.39 is 18.0 Å². The Morgan fingerprint density at radius 2 is 1.78 bits per heavy atom. The van der Waals surface area contributed by atoms with E-state index in [1.807, 2.05) is 42.5 Å². The number of methoxy groups -OCH3 is 1. The molecule has 5 nitrogen and oxygen atoms in total. The number of rotatable bonds is 5. The molecular weight excluding hydrogens is 366 g/mol. The molecule has 0 saturated heterocycles. The third-order valence-corrected chi connectivity index (χ3v) is 4.30.